The molecule has 0 amide bonds. The molecule has 0 radical (unpaired) electrons. The Hall–Kier alpha value is -1.53. The Morgan fingerprint density at radius 1 is 1.41 bits per heavy atom. The fourth-order valence-electron chi connectivity index (χ4n) is 2.33. The van der Waals surface area contributed by atoms with Gasteiger partial charge in [0.1, 0.15) is 0 Å². The van der Waals surface area contributed by atoms with Gasteiger partial charge in [-0.25, -0.2) is 0 Å². The van der Waals surface area contributed by atoms with Crippen molar-refractivity contribution in [1.82, 2.24) is 4.90 Å². The zero-order valence-corrected chi connectivity index (χ0v) is 10.6. The summed E-state index contributed by atoms with van der Waals surface area (Å²) < 4.78 is 0. The maximum Gasteiger partial charge on any atom is 0.0638 e. The van der Waals surface area contributed by atoms with Crippen molar-refractivity contribution in [2.45, 2.75) is 19.4 Å². The highest BCUT2D eigenvalue weighted by atomic mass is 15.3. The summed E-state index contributed by atoms with van der Waals surface area (Å²) in [6, 6.07) is 11.2. The van der Waals surface area contributed by atoms with E-state index in [1.165, 1.54) is 11.3 Å². The average molecular weight is 229 g/mol. The van der Waals surface area contributed by atoms with E-state index in [1.807, 2.05) is 0 Å². The Morgan fingerprint density at radius 2 is 2.24 bits per heavy atom. The molecular weight excluding hydrogens is 210 g/mol. The summed E-state index contributed by atoms with van der Waals surface area (Å²) in [5.74, 6) is 0. The molecule has 1 aromatic carbocycles. The molecule has 3 heteroatoms. The van der Waals surface area contributed by atoms with Gasteiger partial charge in [-0.2, -0.15) is 5.26 Å². The highest BCUT2D eigenvalue weighted by Crippen LogP contribution is 2.20. The van der Waals surface area contributed by atoms with Crippen LogP contribution in [0.5, 0.6) is 0 Å². The molecule has 0 N–H and O–H groups in total. The summed E-state index contributed by atoms with van der Waals surface area (Å²) in [6.07, 6.45) is 0.610. The van der Waals surface area contributed by atoms with Gasteiger partial charge in [-0.1, -0.05) is 12.1 Å². The third kappa shape index (κ3) is 2.78. The number of piperazine rings is 1. The van der Waals surface area contributed by atoms with E-state index in [0.717, 1.165) is 19.6 Å². The molecule has 0 spiro atoms. The summed E-state index contributed by atoms with van der Waals surface area (Å²) in [5.41, 5.74) is 2.57. The molecule has 1 atom stereocenters. The van der Waals surface area contributed by atoms with Gasteiger partial charge in [0.2, 0.25) is 0 Å². The largest absolute Gasteiger partial charge is 0.369 e. The van der Waals surface area contributed by atoms with Crippen molar-refractivity contribution in [2.24, 2.45) is 0 Å². The minimum atomic E-state index is 0.356. The molecule has 0 aromatic heterocycles. The lowest BCUT2D eigenvalue weighted by molar-refractivity contribution is 0.221. The third-order valence-corrected chi connectivity index (χ3v) is 3.47. The van der Waals surface area contributed by atoms with Crippen molar-refractivity contribution in [2.75, 3.05) is 31.6 Å². The van der Waals surface area contributed by atoms with E-state index in [2.05, 4.69) is 54.1 Å². The maximum absolute atomic E-state index is 8.84. The molecule has 3 nitrogen and oxygen atoms in total. The lowest BCUT2D eigenvalue weighted by atomic mass is 10.1. The number of likely N-dealkylation sites (N-methyl/N-ethyl adjacent to an activating group) is 1. The molecule has 1 aliphatic heterocycles. The van der Waals surface area contributed by atoms with E-state index < -0.39 is 0 Å². The molecule has 1 aliphatic rings. The molecule has 0 bridgehead atoms. The number of hydrogen-bond donors (Lipinski definition) is 0. The topological polar surface area (TPSA) is 30.3 Å². The third-order valence-electron chi connectivity index (χ3n) is 3.47. The predicted octanol–water partition coefficient (Wildman–Crippen LogP) is 2.03. The van der Waals surface area contributed by atoms with Crippen LogP contribution in [0.25, 0.3) is 0 Å². The quantitative estimate of drug-likeness (QED) is 0.777. The minimum Gasteiger partial charge on any atom is -0.369 e. The van der Waals surface area contributed by atoms with Gasteiger partial charge >= 0.3 is 0 Å². The van der Waals surface area contributed by atoms with Crippen LogP contribution in [0.15, 0.2) is 24.3 Å². The molecule has 2 rings (SSSR count). The lowest BCUT2D eigenvalue weighted by Crippen LogP contribution is -2.51. The normalized spacial score (nSPS) is 21.2. The highest BCUT2D eigenvalue weighted by Gasteiger charge is 2.24. The molecule has 1 fully saturated rings. The van der Waals surface area contributed by atoms with Gasteiger partial charge in [0.25, 0.3) is 0 Å². The van der Waals surface area contributed by atoms with Gasteiger partial charge in [-0.15, -0.1) is 0 Å². The van der Waals surface area contributed by atoms with Crippen LogP contribution in [0.1, 0.15) is 12.0 Å². The van der Waals surface area contributed by atoms with E-state index in [4.69, 9.17) is 5.26 Å². The second-order valence-electron chi connectivity index (χ2n) is 4.78. The molecule has 17 heavy (non-hydrogen) atoms. The molecule has 1 aromatic rings. The second kappa shape index (κ2) is 5.20. The molecular formula is C14H19N3. The zero-order chi connectivity index (χ0) is 12.3. The SMILES string of the molecule is Cc1cccc(N2CCN(C)C(CC#N)C2)c1. The van der Waals surface area contributed by atoms with Crippen LogP contribution in [0.3, 0.4) is 0 Å². The second-order valence-corrected chi connectivity index (χ2v) is 4.78. The molecule has 1 heterocycles. The van der Waals surface area contributed by atoms with Crippen LogP contribution in [0.4, 0.5) is 5.69 Å². The first kappa shape index (κ1) is 11.9. The first-order valence-electron chi connectivity index (χ1n) is 6.09. The van der Waals surface area contributed by atoms with Crippen molar-refractivity contribution in [3.05, 3.63) is 29.8 Å². The van der Waals surface area contributed by atoms with Crippen LogP contribution >= 0.6 is 0 Å². The number of nitriles is 1. The van der Waals surface area contributed by atoms with E-state index in [-0.39, 0.29) is 0 Å². The lowest BCUT2D eigenvalue weighted by Gasteiger charge is -2.39. The smallest absolute Gasteiger partial charge is 0.0638 e. The Balaban J connectivity index is 2.10. The van der Waals surface area contributed by atoms with Crippen molar-refractivity contribution >= 4 is 5.69 Å². The van der Waals surface area contributed by atoms with Crippen molar-refractivity contribution in [1.29, 1.82) is 5.26 Å². The number of benzene rings is 1. The van der Waals surface area contributed by atoms with Gasteiger partial charge < -0.3 is 4.90 Å². The number of anilines is 1. The Bertz CT molecular complexity index is 422. The molecule has 0 aliphatic carbocycles. The van der Waals surface area contributed by atoms with Gasteiger partial charge in [-0.05, 0) is 31.7 Å². The number of rotatable bonds is 2. The zero-order valence-electron chi connectivity index (χ0n) is 10.6. The fraction of sp³-hybridized carbons (Fsp3) is 0.500. The average Bonchev–Trinajstić information content (AvgIpc) is 2.32. The van der Waals surface area contributed by atoms with Crippen LogP contribution in [0.2, 0.25) is 0 Å². The summed E-state index contributed by atoms with van der Waals surface area (Å²) in [6.45, 7) is 5.14. The number of hydrogen-bond acceptors (Lipinski definition) is 3. The first-order valence-corrected chi connectivity index (χ1v) is 6.09. The standard InChI is InChI=1S/C14H19N3/c1-12-4-3-5-13(10-12)17-9-8-16(2)14(11-17)6-7-15/h3-5,10,14H,6,8-9,11H2,1-2H3. The Kier molecular flexibility index (Phi) is 3.65. The van der Waals surface area contributed by atoms with Gasteiger partial charge in [-0.3, -0.25) is 4.90 Å². The molecule has 1 unspecified atom stereocenters. The summed E-state index contributed by atoms with van der Waals surface area (Å²) >= 11 is 0. The van der Waals surface area contributed by atoms with Gasteiger partial charge in [0.15, 0.2) is 0 Å². The van der Waals surface area contributed by atoms with E-state index in [1.54, 1.807) is 0 Å². The predicted molar refractivity (Wildman–Crippen MR) is 70.0 cm³/mol. The summed E-state index contributed by atoms with van der Waals surface area (Å²) in [7, 11) is 2.11. The Labute approximate surface area is 103 Å². The van der Waals surface area contributed by atoms with Crippen LogP contribution < -0.4 is 4.90 Å². The fourth-order valence-corrected chi connectivity index (χ4v) is 2.33. The van der Waals surface area contributed by atoms with Gasteiger partial charge in [0, 0.05) is 31.4 Å². The van der Waals surface area contributed by atoms with E-state index in [0.29, 0.717) is 12.5 Å². The van der Waals surface area contributed by atoms with Crippen molar-refractivity contribution in [3.63, 3.8) is 0 Å². The molecule has 90 valence electrons. The summed E-state index contributed by atoms with van der Waals surface area (Å²) in [4.78, 5) is 4.67. The van der Waals surface area contributed by atoms with Gasteiger partial charge in [0.05, 0.1) is 12.5 Å². The van der Waals surface area contributed by atoms with Crippen LogP contribution in [0, 0.1) is 18.3 Å². The molecule has 0 saturated carbocycles. The van der Waals surface area contributed by atoms with Crippen LogP contribution in [-0.2, 0) is 0 Å². The number of nitrogens with zero attached hydrogens (tertiary/aromatic N) is 3. The number of aryl methyl sites for hydroxylation is 1. The highest BCUT2D eigenvalue weighted by molar-refractivity contribution is 5.49. The first-order chi connectivity index (χ1) is 8.20. The molecule has 1 saturated heterocycles. The monoisotopic (exact) mass is 229 g/mol. The van der Waals surface area contributed by atoms with Crippen LogP contribution in [-0.4, -0.2) is 37.6 Å². The Morgan fingerprint density at radius 3 is 2.94 bits per heavy atom. The van der Waals surface area contributed by atoms with Crippen molar-refractivity contribution < 1.29 is 0 Å². The van der Waals surface area contributed by atoms with Crippen molar-refractivity contribution in [3.8, 4) is 6.07 Å². The van der Waals surface area contributed by atoms with E-state index in [9.17, 15) is 0 Å². The maximum atomic E-state index is 8.84. The van der Waals surface area contributed by atoms with E-state index >= 15 is 0 Å². The minimum absolute atomic E-state index is 0.356. The summed E-state index contributed by atoms with van der Waals surface area (Å²) in [5, 5.41) is 8.84.